The van der Waals surface area contributed by atoms with E-state index < -0.39 is 0 Å². The Labute approximate surface area is 207 Å². The molecule has 0 fully saturated rings. The van der Waals surface area contributed by atoms with Crippen LogP contribution in [0, 0.1) is 11.3 Å². The molecule has 0 radical (unpaired) electrons. The molecule has 0 saturated heterocycles. The van der Waals surface area contributed by atoms with Gasteiger partial charge in [0.2, 0.25) is 11.9 Å². The van der Waals surface area contributed by atoms with Gasteiger partial charge in [0.15, 0.2) is 5.65 Å². The summed E-state index contributed by atoms with van der Waals surface area (Å²) in [5.41, 5.74) is 5.38. The van der Waals surface area contributed by atoms with Gasteiger partial charge in [0.25, 0.3) is 0 Å². The highest BCUT2D eigenvalue weighted by molar-refractivity contribution is 5.92. The van der Waals surface area contributed by atoms with Crippen molar-refractivity contribution in [1.29, 1.82) is 5.26 Å². The second-order valence-electron chi connectivity index (χ2n) is 8.09. The smallest absolute Gasteiger partial charge is 0.247 e. The second-order valence-corrected chi connectivity index (χ2v) is 8.09. The molecule has 2 N–H and O–H groups in total. The number of ether oxygens (including phenoxy) is 1. The van der Waals surface area contributed by atoms with E-state index in [1.165, 1.54) is 0 Å². The van der Waals surface area contributed by atoms with Gasteiger partial charge in [-0.3, -0.25) is 4.79 Å². The number of carbonyl (C=O) groups is 1. The number of nitrogens with one attached hydrogen (secondary N) is 2. The Balaban J connectivity index is 1.28. The number of hydrogen-bond acceptors (Lipinski definition) is 6. The van der Waals surface area contributed by atoms with Crippen molar-refractivity contribution in [3.05, 3.63) is 102 Å². The standard InChI is InChI=1S/C28H22N6O2/c1-36-24-7-4-5-19(15-24)16-27(35)30-23-12-9-20(10-13-23)22-11-14-26-32-28(33-34(26)18-22)31-25-8-3-2-6-21(25)17-29/h2-15,18H,16H2,1H3,(H,30,35)(H,31,33). The van der Waals surface area contributed by atoms with Gasteiger partial charge in [0, 0.05) is 17.4 Å². The van der Waals surface area contributed by atoms with Crippen LogP contribution in [0.4, 0.5) is 17.3 Å². The molecule has 5 rings (SSSR count). The van der Waals surface area contributed by atoms with Crippen LogP contribution in [-0.2, 0) is 11.2 Å². The fourth-order valence-electron chi connectivity index (χ4n) is 3.84. The molecule has 0 saturated carbocycles. The number of fused-ring (bicyclic) bond motifs is 1. The van der Waals surface area contributed by atoms with E-state index in [4.69, 9.17) is 4.74 Å². The minimum atomic E-state index is -0.0990. The first-order chi connectivity index (χ1) is 17.6. The number of rotatable bonds is 7. The molecule has 0 aliphatic heterocycles. The van der Waals surface area contributed by atoms with E-state index in [9.17, 15) is 10.1 Å². The number of aromatic nitrogens is 3. The zero-order valence-corrected chi connectivity index (χ0v) is 19.5. The molecule has 176 valence electrons. The van der Waals surface area contributed by atoms with E-state index in [1.54, 1.807) is 17.7 Å². The van der Waals surface area contributed by atoms with Crippen molar-refractivity contribution in [2.45, 2.75) is 6.42 Å². The Morgan fingerprint density at radius 3 is 2.61 bits per heavy atom. The maximum atomic E-state index is 12.5. The Kier molecular flexibility index (Phi) is 6.28. The highest BCUT2D eigenvalue weighted by Crippen LogP contribution is 2.24. The van der Waals surface area contributed by atoms with Crippen molar-refractivity contribution in [2.75, 3.05) is 17.7 Å². The molecule has 1 amide bonds. The normalized spacial score (nSPS) is 10.6. The van der Waals surface area contributed by atoms with Gasteiger partial charge in [-0.05, 0) is 59.7 Å². The predicted octanol–water partition coefficient (Wildman–Crippen LogP) is 5.20. The molecule has 0 unspecified atom stereocenters. The van der Waals surface area contributed by atoms with Crippen molar-refractivity contribution >= 4 is 28.9 Å². The third kappa shape index (κ3) is 5.00. The molecule has 36 heavy (non-hydrogen) atoms. The Morgan fingerprint density at radius 2 is 1.81 bits per heavy atom. The van der Waals surface area contributed by atoms with Crippen LogP contribution in [0.2, 0.25) is 0 Å². The number of nitrogens with zero attached hydrogens (tertiary/aromatic N) is 4. The van der Waals surface area contributed by atoms with E-state index >= 15 is 0 Å². The first-order valence-electron chi connectivity index (χ1n) is 11.3. The summed E-state index contributed by atoms with van der Waals surface area (Å²) >= 11 is 0. The van der Waals surface area contributed by atoms with E-state index in [0.29, 0.717) is 22.8 Å². The number of carbonyl (C=O) groups excluding carboxylic acids is 1. The van der Waals surface area contributed by atoms with Crippen LogP contribution >= 0.6 is 0 Å². The van der Waals surface area contributed by atoms with E-state index in [0.717, 1.165) is 28.1 Å². The topological polar surface area (TPSA) is 104 Å². The Morgan fingerprint density at radius 1 is 1.00 bits per heavy atom. The lowest BCUT2D eigenvalue weighted by atomic mass is 10.1. The number of nitriles is 1. The van der Waals surface area contributed by atoms with Crippen LogP contribution in [-0.4, -0.2) is 27.6 Å². The van der Waals surface area contributed by atoms with E-state index in [-0.39, 0.29) is 12.3 Å². The van der Waals surface area contributed by atoms with Gasteiger partial charge in [0.05, 0.1) is 24.8 Å². The minimum Gasteiger partial charge on any atom is -0.497 e. The molecule has 5 aromatic rings. The number of para-hydroxylation sites is 1. The quantitative estimate of drug-likeness (QED) is 0.336. The van der Waals surface area contributed by atoms with Gasteiger partial charge in [-0.1, -0.05) is 36.4 Å². The first-order valence-corrected chi connectivity index (χ1v) is 11.3. The van der Waals surface area contributed by atoms with Gasteiger partial charge >= 0.3 is 0 Å². The molecule has 0 aliphatic rings. The monoisotopic (exact) mass is 474 g/mol. The largest absolute Gasteiger partial charge is 0.497 e. The van der Waals surface area contributed by atoms with Crippen molar-refractivity contribution in [3.8, 4) is 22.9 Å². The van der Waals surface area contributed by atoms with Crippen LogP contribution in [0.1, 0.15) is 11.1 Å². The molecule has 0 atom stereocenters. The van der Waals surface area contributed by atoms with Crippen LogP contribution in [0.25, 0.3) is 16.8 Å². The molecular formula is C28H22N6O2. The number of anilines is 3. The summed E-state index contributed by atoms with van der Waals surface area (Å²) in [7, 11) is 1.60. The second kappa shape index (κ2) is 9.99. The van der Waals surface area contributed by atoms with Gasteiger partial charge in [-0.15, -0.1) is 5.10 Å². The lowest BCUT2D eigenvalue weighted by Crippen LogP contribution is -2.14. The molecule has 0 spiro atoms. The molecule has 0 aliphatic carbocycles. The highest BCUT2D eigenvalue weighted by Gasteiger charge is 2.09. The average Bonchev–Trinajstić information content (AvgIpc) is 3.31. The number of amides is 1. The fourth-order valence-corrected chi connectivity index (χ4v) is 3.84. The third-order valence-electron chi connectivity index (χ3n) is 5.63. The lowest BCUT2D eigenvalue weighted by Gasteiger charge is -2.08. The third-order valence-corrected chi connectivity index (χ3v) is 5.63. The van der Waals surface area contributed by atoms with Crippen LogP contribution < -0.4 is 15.4 Å². The van der Waals surface area contributed by atoms with Gasteiger partial charge in [-0.25, -0.2) is 4.52 Å². The van der Waals surface area contributed by atoms with Gasteiger partial charge < -0.3 is 15.4 Å². The highest BCUT2D eigenvalue weighted by atomic mass is 16.5. The predicted molar refractivity (Wildman–Crippen MR) is 138 cm³/mol. The molecular weight excluding hydrogens is 452 g/mol. The van der Waals surface area contributed by atoms with Crippen molar-refractivity contribution in [2.24, 2.45) is 0 Å². The summed E-state index contributed by atoms with van der Waals surface area (Å²) in [5.74, 6) is 1.03. The van der Waals surface area contributed by atoms with E-state index in [1.807, 2.05) is 85.1 Å². The van der Waals surface area contributed by atoms with Gasteiger partial charge in [-0.2, -0.15) is 10.2 Å². The van der Waals surface area contributed by atoms with Crippen molar-refractivity contribution < 1.29 is 9.53 Å². The zero-order chi connectivity index (χ0) is 24.9. The Hall–Kier alpha value is -5.16. The maximum absolute atomic E-state index is 12.5. The van der Waals surface area contributed by atoms with Gasteiger partial charge in [0.1, 0.15) is 11.8 Å². The number of benzene rings is 3. The molecule has 0 bridgehead atoms. The summed E-state index contributed by atoms with van der Waals surface area (Å²) in [6.07, 6.45) is 2.15. The maximum Gasteiger partial charge on any atom is 0.247 e. The SMILES string of the molecule is COc1cccc(CC(=O)Nc2ccc(-c3ccc4nc(Nc5ccccc5C#N)nn4c3)cc2)c1. The Bertz CT molecular complexity index is 1580. The average molecular weight is 475 g/mol. The summed E-state index contributed by atoms with van der Waals surface area (Å²) in [4.78, 5) is 16.9. The summed E-state index contributed by atoms with van der Waals surface area (Å²) < 4.78 is 6.91. The number of methoxy groups -OCH3 is 1. The minimum absolute atomic E-state index is 0.0990. The van der Waals surface area contributed by atoms with E-state index in [2.05, 4.69) is 26.8 Å². The lowest BCUT2D eigenvalue weighted by molar-refractivity contribution is -0.115. The van der Waals surface area contributed by atoms with Crippen LogP contribution in [0.15, 0.2) is 91.1 Å². The first kappa shape index (κ1) is 22.6. The fraction of sp³-hybridized carbons (Fsp3) is 0.0714. The molecule has 8 heteroatoms. The summed E-state index contributed by atoms with van der Waals surface area (Å²) in [6.45, 7) is 0. The molecule has 3 aromatic carbocycles. The molecule has 8 nitrogen and oxygen atoms in total. The van der Waals surface area contributed by atoms with Crippen LogP contribution in [0.5, 0.6) is 5.75 Å². The number of pyridine rings is 1. The van der Waals surface area contributed by atoms with Crippen LogP contribution in [0.3, 0.4) is 0 Å². The van der Waals surface area contributed by atoms with Crippen molar-refractivity contribution in [3.63, 3.8) is 0 Å². The molecule has 2 aromatic heterocycles. The zero-order valence-electron chi connectivity index (χ0n) is 19.5. The number of hydrogen-bond donors (Lipinski definition) is 2. The molecule has 2 heterocycles. The summed E-state index contributed by atoms with van der Waals surface area (Å²) in [6, 6.07) is 28.3. The van der Waals surface area contributed by atoms with Crippen molar-refractivity contribution in [1.82, 2.24) is 14.6 Å². The summed E-state index contributed by atoms with van der Waals surface area (Å²) in [5, 5.41) is 19.8.